The average molecular weight is 372 g/mol. The van der Waals surface area contributed by atoms with Crippen LogP contribution in [-0.4, -0.2) is 29.0 Å². The molecule has 0 bridgehead atoms. The van der Waals surface area contributed by atoms with E-state index in [2.05, 4.69) is 26.3 Å². The fraction of sp³-hybridized carbons (Fsp3) is 0.261. The molecule has 5 heteroatoms. The van der Waals surface area contributed by atoms with Crippen molar-refractivity contribution in [1.29, 1.82) is 0 Å². The second-order valence-electron chi connectivity index (χ2n) is 7.36. The highest BCUT2D eigenvalue weighted by Crippen LogP contribution is 2.24. The van der Waals surface area contributed by atoms with Crippen LogP contribution in [-0.2, 0) is 0 Å². The number of hydrogen-bond acceptors (Lipinski definition) is 4. The van der Waals surface area contributed by atoms with Crippen LogP contribution in [0.5, 0.6) is 0 Å². The third-order valence-electron chi connectivity index (χ3n) is 5.01. The molecule has 142 valence electrons. The van der Waals surface area contributed by atoms with E-state index < -0.39 is 0 Å². The molecule has 1 N–H and O–H groups in total. The molecule has 0 unspecified atom stereocenters. The Labute approximate surface area is 165 Å². The minimum atomic E-state index is -0.114. The predicted octanol–water partition coefficient (Wildman–Crippen LogP) is 4.61. The van der Waals surface area contributed by atoms with E-state index in [4.69, 9.17) is 0 Å². The Bertz CT molecular complexity index is 971. The lowest BCUT2D eigenvalue weighted by Gasteiger charge is -2.16. The molecule has 0 radical (unpaired) electrons. The average Bonchev–Trinajstić information content (AvgIpc) is 3.22. The van der Waals surface area contributed by atoms with Crippen LogP contribution in [0.3, 0.4) is 0 Å². The Balaban J connectivity index is 1.50. The molecule has 3 aromatic rings. The largest absolute Gasteiger partial charge is 0.357 e. The molecule has 1 fully saturated rings. The zero-order chi connectivity index (χ0) is 19.5. The Morgan fingerprint density at radius 1 is 0.929 bits per heavy atom. The van der Waals surface area contributed by atoms with E-state index in [1.807, 2.05) is 56.3 Å². The SMILES string of the molecule is Cc1cc(C)cc(NC(=O)c2ccc(-c3cc(N4CCCC4)ncn3)cc2)c1. The molecular formula is C23H24N4O. The van der Waals surface area contributed by atoms with Gasteiger partial charge >= 0.3 is 0 Å². The topological polar surface area (TPSA) is 58.1 Å². The first-order chi connectivity index (χ1) is 13.6. The summed E-state index contributed by atoms with van der Waals surface area (Å²) in [5.41, 5.74) is 5.55. The summed E-state index contributed by atoms with van der Waals surface area (Å²) < 4.78 is 0. The van der Waals surface area contributed by atoms with Crippen LogP contribution in [0.25, 0.3) is 11.3 Å². The molecule has 0 atom stereocenters. The first-order valence-electron chi connectivity index (χ1n) is 9.65. The summed E-state index contributed by atoms with van der Waals surface area (Å²) >= 11 is 0. The van der Waals surface area contributed by atoms with Gasteiger partial charge in [0.25, 0.3) is 5.91 Å². The molecular weight excluding hydrogens is 348 g/mol. The number of amides is 1. The summed E-state index contributed by atoms with van der Waals surface area (Å²) in [4.78, 5) is 23.7. The van der Waals surface area contributed by atoms with Crippen LogP contribution in [0, 0.1) is 13.8 Å². The summed E-state index contributed by atoms with van der Waals surface area (Å²) in [6.45, 7) is 6.15. The number of carbonyl (C=O) groups excluding carboxylic acids is 1. The molecule has 1 saturated heterocycles. The Kier molecular flexibility index (Phi) is 5.06. The van der Waals surface area contributed by atoms with E-state index in [1.54, 1.807) is 6.33 Å². The first kappa shape index (κ1) is 18.2. The zero-order valence-electron chi connectivity index (χ0n) is 16.3. The van der Waals surface area contributed by atoms with Gasteiger partial charge in [0.1, 0.15) is 12.1 Å². The van der Waals surface area contributed by atoms with Gasteiger partial charge in [0.2, 0.25) is 0 Å². The highest BCUT2D eigenvalue weighted by molar-refractivity contribution is 6.04. The van der Waals surface area contributed by atoms with Crippen molar-refractivity contribution in [2.75, 3.05) is 23.3 Å². The van der Waals surface area contributed by atoms with E-state index in [0.717, 1.165) is 47.0 Å². The number of nitrogens with one attached hydrogen (secondary N) is 1. The molecule has 2 heterocycles. The van der Waals surface area contributed by atoms with Gasteiger partial charge in [-0.3, -0.25) is 4.79 Å². The maximum absolute atomic E-state index is 12.6. The Hall–Kier alpha value is -3.21. The van der Waals surface area contributed by atoms with Gasteiger partial charge in [0, 0.05) is 36.0 Å². The van der Waals surface area contributed by atoms with Crippen molar-refractivity contribution in [2.24, 2.45) is 0 Å². The molecule has 0 aliphatic carbocycles. The number of benzene rings is 2. The van der Waals surface area contributed by atoms with E-state index in [0.29, 0.717) is 5.56 Å². The second-order valence-corrected chi connectivity index (χ2v) is 7.36. The van der Waals surface area contributed by atoms with E-state index >= 15 is 0 Å². The fourth-order valence-electron chi connectivity index (χ4n) is 3.67. The summed E-state index contributed by atoms with van der Waals surface area (Å²) in [6.07, 6.45) is 4.04. The van der Waals surface area contributed by atoms with Gasteiger partial charge in [0.15, 0.2) is 0 Å². The maximum Gasteiger partial charge on any atom is 0.255 e. The smallest absolute Gasteiger partial charge is 0.255 e. The number of carbonyl (C=O) groups is 1. The van der Waals surface area contributed by atoms with Crippen LogP contribution >= 0.6 is 0 Å². The molecule has 2 aromatic carbocycles. The van der Waals surface area contributed by atoms with Gasteiger partial charge in [-0.2, -0.15) is 0 Å². The summed E-state index contributed by atoms with van der Waals surface area (Å²) in [7, 11) is 0. The molecule has 0 saturated carbocycles. The first-order valence-corrected chi connectivity index (χ1v) is 9.65. The number of hydrogen-bond donors (Lipinski definition) is 1. The number of anilines is 2. The van der Waals surface area contributed by atoms with Gasteiger partial charge < -0.3 is 10.2 Å². The van der Waals surface area contributed by atoms with E-state index in [1.165, 1.54) is 12.8 Å². The lowest BCUT2D eigenvalue weighted by atomic mass is 10.1. The number of aromatic nitrogens is 2. The standard InChI is InChI=1S/C23H24N4O/c1-16-11-17(2)13-20(12-16)26-23(28)19-7-5-18(6-8-19)21-14-22(25-15-24-21)27-9-3-4-10-27/h5-8,11-15H,3-4,9-10H2,1-2H3,(H,26,28). The monoisotopic (exact) mass is 372 g/mol. The summed E-state index contributed by atoms with van der Waals surface area (Å²) in [5.74, 6) is 0.858. The zero-order valence-corrected chi connectivity index (χ0v) is 16.3. The van der Waals surface area contributed by atoms with Crippen molar-refractivity contribution < 1.29 is 4.79 Å². The van der Waals surface area contributed by atoms with Gasteiger partial charge in [-0.1, -0.05) is 18.2 Å². The number of rotatable bonds is 4. The normalized spacial score (nSPS) is 13.6. The van der Waals surface area contributed by atoms with Gasteiger partial charge in [-0.05, 0) is 62.1 Å². The van der Waals surface area contributed by atoms with Crippen molar-refractivity contribution in [1.82, 2.24) is 9.97 Å². The van der Waals surface area contributed by atoms with Crippen LogP contribution in [0.2, 0.25) is 0 Å². The lowest BCUT2D eigenvalue weighted by molar-refractivity contribution is 0.102. The van der Waals surface area contributed by atoms with Crippen molar-refractivity contribution in [3.63, 3.8) is 0 Å². The molecule has 0 spiro atoms. The van der Waals surface area contributed by atoms with Gasteiger partial charge in [-0.25, -0.2) is 9.97 Å². The van der Waals surface area contributed by atoms with Crippen molar-refractivity contribution in [3.05, 3.63) is 71.5 Å². The molecule has 1 aliphatic rings. The second kappa shape index (κ2) is 7.80. The van der Waals surface area contributed by atoms with E-state index in [-0.39, 0.29) is 5.91 Å². The molecule has 1 aliphatic heterocycles. The third kappa shape index (κ3) is 4.03. The van der Waals surface area contributed by atoms with Crippen molar-refractivity contribution in [3.8, 4) is 11.3 Å². The van der Waals surface area contributed by atoms with Crippen molar-refractivity contribution in [2.45, 2.75) is 26.7 Å². The molecule has 1 amide bonds. The van der Waals surface area contributed by atoms with Crippen LogP contribution in [0.15, 0.2) is 54.9 Å². The summed E-state index contributed by atoms with van der Waals surface area (Å²) in [6, 6.07) is 15.6. The molecule has 5 nitrogen and oxygen atoms in total. The molecule has 28 heavy (non-hydrogen) atoms. The minimum Gasteiger partial charge on any atom is -0.357 e. The minimum absolute atomic E-state index is 0.114. The fourth-order valence-corrected chi connectivity index (χ4v) is 3.67. The Morgan fingerprint density at radius 3 is 2.29 bits per heavy atom. The van der Waals surface area contributed by atoms with Gasteiger partial charge in [-0.15, -0.1) is 0 Å². The lowest BCUT2D eigenvalue weighted by Crippen LogP contribution is -2.19. The predicted molar refractivity (Wildman–Crippen MR) is 113 cm³/mol. The molecule has 1 aromatic heterocycles. The van der Waals surface area contributed by atoms with Gasteiger partial charge in [0.05, 0.1) is 5.69 Å². The van der Waals surface area contributed by atoms with Crippen molar-refractivity contribution >= 4 is 17.4 Å². The third-order valence-corrected chi connectivity index (χ3v) is 5.01. The molecule has 4 rings (SSSR count). The van der Waals surface area contributed by atoms with E-state index in [9.17, 15) is 4.79 Å². The maximum atomic E-state index is 12.6. The summed E-state index contributed by atoms with van der Waals surface area (Å²) in [5, 5.41) is 2.97. The number of aryl methyl sites for hydroxylation is 2. The van der Waals surface area contributed by atoms with Crippen LogP contribution in [0.4, 0.5) is 11.5 Å². The number of nitrogens with zero attached hydrogens (tertiary/aromatic N) is 3. The quantitative estimate of drug-likeness (QED) is 0.726. The van der Waals surface area contributed by atoms with Crippen LogP contribution < -0.4 is 10.2 Å². The Morgan fingerprint density at radius 2 is 1.61 bits per heavy atom. The highest BCUT2D eigenvalue weighted by atomic mass is 16.1. The highest BCUT2D eigenvalue weighted by Gasteiger charge is 2.14. The van der Waals surface area contributed by atoms with Crippen LogP contribution in [0.1, 0.15) is 34.3 Å².